The van der Waals surface area contributed by atoms with Crippen LogP contribution in [-0.2, 0) is 11.2 Å². The van der Waals surface area contributed by atoms with Crippen LogP contribution in [0.25, 0.3) is 6.08 Å². The zero-order valence-electron chi connectivity index (χ0n) is 15.1. The molecule has 2 aromatic rings. The molecule has 0 unspecified atom stereocenters. The van der Waals surface area contributed by atoms with Gasteiger partial charge in [0.2, 0.25) is 5.91 Å². The van der Waals surface area contributed by atoms with E-state index in [4.69, 9.17) is 5.73 Å². The molecule has 0 spiro atoms. The molecule has 132 valence electrons. The van der Waals surface area contributed by atoms with E-state index < -0.39 is 0 Å². The van der Waals surface area contributed by atoms with E-state index in [9.17, 15) is 4.79 Å². The zero-order valence-corrected chi connectivity index (χ0v) is 15.1. The van der Waals surface area contributed by atoms with E-state index in [1.807, 2.05) is 59.5 Å². The lowest BCUT2D eigenvalue weighted by Crippen LogP contribution is -2.43. The second kappa shape index (κ2) is 9.80. The van der Waals surface area contributed by atoms with Gasteiger partial charge in [0.1, 0.15) is 0 Å². The Hall–Kier alpha value is -2.39. The zero-order chi connectivity index (χ0) is 18.1. The molecule has 2 aromatic carbocycles. The first-order valence-electron chi connectivity index (χ1n) is 8.88. The quantitative estimate of drug-likeness (QED) is 0.746. The average Bonchev–Trinajstić information content (AvgIpc) is 2.64. The van der Waals surface area contributed by atoms with Crippen molar-refractivity contribution in [2.75, 3.05) is 13.1 Å². The van der Waals surface area contributed by atoms with Gasteiger partial charge >= 0.3 is 0 Å². The summed E-state index contributed by atoms with van der Waals surface area (Å²) in [6, 6.07) is 20.1. The monoisotopic (exact) mass is 336 g/mol. The molecule has 0 aliphatic carbocycles. The molecule has 0 bridgehead atoms. The molecule has 0 radical (unpaired) electrons. The van der Waals surface area contributed by atoms with Gasteiger partial charge < -0.3 is 10.6 Å². The summed E-state index contributed by atoms with van der Waals surface area (Å²) in [7, 11) is 0. The van der Waals surface area contributed by atoms with E-state index in [-0.39, 0.29) is 11.9 Å². The third kappa shape index (κ3) is 6.55. The van der Waals surface area contributed by atoms with Crippen LogP contribution in [0, 0.1) is 5.92 Å². The number of hydrogen-bond donors (Lipinski definition) is 1. The van der Waals surface area contributed by atoms with E-state index in [1.165, 1.54) is 5.56 Å². The highest BCUT2D eigenvalue weighted by molar-refractivity contribution is 5.91. The summed E-state index contributed by atoms with van der Waals surface area (Å²) in [5.41, 5.74) is 8.46. The van der Waals surface area contributed by atoms with Crippen molar-refractivity contribution in [1.29, 1.82) is 0 Å². The van der Waals surface area contributed by atoms with Gasteiger partial charge in [-0.1, -0.05) is 74.5 Å². The maximum Gasteiger partial charge on any atom is 0.246 e. The molecule has 0 saturated carbocycles. The number of nitrogens with two attached hydrogens (primary N) is 1. The maximum atomic E-state index is 12.7. The molecule has 25 heavy (non-hydrogen) atoms. The molecule has 0 aromatic heterocycles. The van der Waals surface area contributed by atoms with E-state index in [2.05, 4.69) is 26.0 Å². The predicted octanol–water partition coefficient (Wildman–Crippen LogP) is 3.75. The lowest BCUT2D eigenvalue weighted by molar-refractivity contribution is -0.126. The Morgan fingerprint density at radius 3 is 2.24 bits per heavy atom. The largest absolute Gasteiger partial charge is 0.337 e. The fourth-order valence-electron chi connectivity index (χ4n) is 2.50. The summed E-state index contributed by atoms with van der Waals surface area (Å²) < 4.78 is 0. The van der Waals surface area contributed by atoms with Crippen molar-refractivity contribution in [1.82, 2.24) is 4.90 Å². The van der Waals surface area contributed by atoms with Crippen molar-refractivity contribution >= 4 is 12.0 Å². The minimum atomic E-state index is -0.0233. The highest BCUT2D eigenvalue weighted by Gasteiger charge is 2.17. The van der Waals surface area contributed by atoms with Gasteiger partial charge in [-0.05, 0) is 29.5 Å². The number of carbonyl (C=O) groups excluding carboxylic acids is 1. The third-order valence-electron chi connectivity index (χ3n) is 4.33. The first kappa shape index (κ1) is 18.9. The Balaban J connectivity index is 2.04. The lowest BCUT2D eigenvalue weighted by atomic mass is 10.0. The first-order chi connectivity index (χ1) is 12.1. The molecular formula is C22H28N2O. The third-order valence-corrected chi connectivity index (χ3v) is 4.33. The van der Waals surface area contributed by atoms with Crippen LogP contribution in [0.1, 0.15) is 25.0 Å². The first-order valence-corrected chi connectivity index (χ1v) is 8.88. The number of hydrogen-bond acceptors (Lipinski definition) is 2. The summed E-state index contributed by atoms with van der Waals surface area (Å²) >= 11 is 0. The normalized spacial score (nSPS) is 12.5. The molecule has 0 heterocycles. The van der Waals surface area contributed by atoms with Crippen molar-refractivity contribution in [2.24, 2.45) is 11.7 Å². The Morgan fingerprint density at radius 1 is 1.04 bits per heavy atom. The van der Waals surface area contributed by atoms with Gasteiger partial charge in [0.05, 0.1) is 0 Å². The number of carbonyl (C=O) groups is 1. The van der Waals surface area contributed by atoms with Gasteiger partial charge in [-0.25, -0.2) is 0 Å². The van der Waals surface area contributed by atoms with Crippen LogP contribution in [0.2, 0.25) is 0 Å². The number of rotatable bonds is 8. The molecule has 0 aliphatic rings. The summed E-state index contributed by atoms with van der Waals surface area (Å²) in [6.07, 6.45) is 4.34. The van der Waals surface area contributed by atoms with Gasteiger partial charge in [-0.2, -0.15) is 0 Å². The van der Waals surface area contributed by atoms with Gasteiger partial charge in [0.15, 0.2) is 0 Å². The SMILES string of the molecule is CC(C)[C@H](N)CN(CCc1ccccc1)C(=O)/C=C/c1ccccc1. The molecule has 0 fully saturated rings. The van der Waals surface area contributed by atoms with Crippen molar-refractivity contribution in [2.45, 2.75) is 26.3 Å². The molecule has 0 saturated heterocycles. The molecule has 0 aliphatic heterocycles. The maximum absolute atomic E-state index is 12.7. The van der Waals surface area contributed by atoms with E-state index in [1.54, 1.807) is 6.08 Å². The van der Waals surface area contributed by atoms with Crippen molar-refractivity contribution < 1.29 is 4.79 Å². The molecule has 2 rings (SSSR count). The Labute approximate surface area is 151 Å². The number of amides is 1. The van der Waals surface area contributed by atoms with Crippen LogP contribution < -0.4 is 5.73 Å². The van der Waals surface area contributed by atoms with E-state index in [0.717, 1.165) is 12.0 Å². The van der Waals surface area contributed by atoms with Gasteiger partial charge in [-0.15, -0.1) is 0 Å². The second-order valence-corrected chi connectivity index (χ2v) is 6.67. The van der Waals surface area contributed by atoms with Gasteiger partial charge in [0, 0.05) is 25.2 Å². The average molecular weight is 336 g/mol. The molecular weight excluding hydrogens is 308 g/mol. The molecule has 3 heteroatoms. The highest BCUT2D eigenvalue weighted by Crippen LogP contribution is 2.08. The summed E-state index contributed by atoms with van der Waals surface area (Å²) in [4.78, 5) is 14.5. The van der Waals surface area contributed by atoms with E-state index >= 15 is 0 Å². The van der Waals surface area contributed by atoms with E-state index in [0.29, 0.717) is 19.0 Å². The highest BCUT2D eigenvalue weighted by atomic mass is 16.2. The van der Waals surface area contributed by atoms with Crippen LogP contribution in [0.5, 0.6) is 0 Å². The van der Waals surface area contributed by atoms with Crippen LogP contribution in [0.15, 0.2) is 66.7 Å². The van der Waals surface area contributed by atoms with Crippen LogP contribution in [0.4, 0.5) is 0 Å². The van der Waals surface area contributed by atoms with Crippen molar-refractivity contribution in [3.05, 3.63) is 77.9 Å². The minimum Gasteiger partial charge on any atom is -0.337 e. The van der Waals surface area contributed by atoms with Crippen molar-refractivity contribution in [3.63, 3.8) is 0 Å². The number of benzene rings is 2. The summed E-state index contributed by atoms with van der Waals surface area (Å²) in [6.45, 7) is 5.42. The van der Waals surface area contributed by atoms with Gasteiger partial charge in [-0.3, -0.25) is 4.79 Å². The minimum absolute atomic E-state index is 0.0101. The molecule has 1 amide bonds. The van der Waals surface area contributed by atoms with Crippen LogP contribution >= 0.6 is 0 Å². The van der Waals surface area contributed by atoms with Gasteiger partial charge in [0.25, 0.3) is 0 Å². The Bertz CT molecular complexity index is 665. The molecule has 3 nitrogen and oxygen atoms in total. The summed E-state index contributed by atoms with van der Waals surface area (Å²) in [5.74, 6) is 0.348. The second-order valence-electron chi connectivity index (χ2n) is 6.67. The Morgan fingerprint density at radius 2 is 1.64 bits per heavy atom. The smallest absolute Gasteiger partial charge is 0.246 e. The number of nitrogens with zero attached hydrogens (tertiary/aromatic N) is 1. The standard InChI is InChI=1S/C22H28N2O/c1-18(2)21(23)17-24(16-15-20-11-7-4-8-12-20)22(25)14-13-19-9-5-3-6-10-19/h3-14,18,21H,15-17,23H2,1-2H3/b14-13+/t21-/m1/s1. The van der Waals surface area contributed by atoms with Crippen molar-refractivity contribution in [3.8, 4) is 0 Å². The fourth-order valence-corrected chi connectivity index (χ4v) is 2.50. The molecule has 1 atom stereocenters. The van der Waals surface area contributed by atoms with Crippen LogP contribution in [0.3, 0.4) is 0 Å². The molecule has 2 N–H and O–H groups in total. The predicted molar refractivity (Wildman–Crippen MR) is 105 cm³/mol. The topological polar surface area (TPSA) is 46.3 Å². The summed E-state index contributed by atoms with van der Waals surface area (Å²) in [5, 5.41) is 0. The fraction of sp³-hybridized carbons (Fsp3) is 0.318. The Kier molecular flexibility index (Phi) is 7.42. The lowest BCUT2D eigenvalue weighted by Gasteiger charge is -2.27. The van der Waals surface area contributed by atoms with Crippen LogP contribution in [-0.4, -0.2) is 29.9 Å².